The van der Waals surface area contributed by atoms with Crippen molar-refractivity contribution < 1.29 is 17.9 Å². The Morgan fingerprint density at radius 1 is 1.13 bits per heavy atom. The van der Waals surface area contributed by atoms with E-state index in [1.807, 2.05) is 18.7 Å². The van der Waals surface area contributed by atoms with Crippen molar-refractivity contribution in [3.8, 4) is 5.75 Å². The lowest BCUT2D eigenvalue weighted by Gasteiger charge is -2.35. The van der Waals surface area contributed by atoms with Crippen LogP contribution in [-0.4, -0.2) is 43.4 Å². The van der Waals surface area contributed by atoms with Crippen molar-refractivity contribution in [3.05, 3.63) is 29.8 Å². The zero-order valence-electron chi connectivity index (χ0n) is 13.4. The molecule has 0 amide bonds. The number of rotatable bonds is 5. The Morgan fingerprint density at radius 3 is 2.17 bits per heavy atom. The van der Waals surface area contributed by atoms with E-state index < -0.39 is 18.6 Å². The number of nitrogens with one attached hydrogen (secondary N) is 1. The van der Waals surface area contributed by atoms with Gasteiger partial charge in [0.15, 0.2) is 0 Å². The van der Waals surface area contributed by atoms with E-state index in [1.165, 1.54) is 0 Å². The van der Waals surface area contributed by atoms with Crippen LogP contribution in [-0.2, 0) is 0 Å². The van der Waals surface area contributed by atoms with Gasteiger partial charge in [-0.25, -0.2) is 0 Å². The SMILES string of the molecule is CC(C)Oc1ccc([C@H](CC(F)(F)F)N2CCNCC2)cc1.Cl. The summed E-state index contributed by atoms with van der Waals surface area (Å²) in [5, 5.41) is 3.17. The summed E-state index contributed by atoms with van der Waals surface area (Å²) >= 11 is 0. The van der Waals surface area contributed by atoms with Crippen LogP contribution >= 0.6 is 12.4 Å². The van der Waals surface area contributed by atoms with Gasteiger partial charge in [-0.1, -0.05) is 12.1 Å². The van der Waals surface area contributed by atoms with Gasteiger partial charge in [-0.3, -0.25) is 4.90 Å². The van der Waals surface area contributed by atoms with Gasteiger partial charge in [-0.15, -0.1) is 12.4 Å². The van der Waals surface area contributed by atoms with Crippen molar-refractivity contribution in [2.24, 2.45) is 0 Å². The lowest BCUT2D eigenvalue weighted by Crippen LogP contribution is -2.46. The number of alkyl halides is 3. The predicted octanol–water partition coefficient (Wildman–Crippen LogP) is 3.79. The Morgan fingerprint density at radius 2 is 1.70 bits per heavy atom. The minimum absolute atomic E-state index is 0. The molecule has 0 bridgehead atoms. The smallest absolute Gasteiger partial charge is 0.390 e. The zero-order chi connectivity index (χ0) is 16.2. The standard InChI is InChI=1S/C16H23F3N2O.ClH/c1-12(2)22-14-5-3-13(4-6-14)15(11-16(17,18)19)21-9-7-20-8-10-21;/h3-6,12,15,20H,7-11H2,1-2H3;1H/t15-;/m0./s1. The number of ether oxygens (including phenoxy) is 1. The summed E-state index contributed by atoms with van der Waals surface area (Å²) in [5.74, 6) is 0.685. The van der Waals surface area contributed by atoms with E-state index in [4.69, 9.17) is 4.74 Å². The average molecular weight is 353 g/mol. The van der Waals surface area contributed by atoms with Crippen LogP contribution in [0.4, 0.5) is 13.2 Å². The molecule has 0 radical (unpaired) electrons. The second kappa shape index (κ2) is 8.76. The molecule has 7 heteroatoms. The molecule has 1 saturated heterocycles. The first-order valence-electron chi connectivity index (χ1n) is 7.63. The Labute approximate surface area is 141 Å². The highest BCUT2D eigenvalue weighted by Crippen LogP contribution is 2.34. The minimum atomic E-state index is -4.18. The Hall–Kier alpha value is -0.980. The van der Waals surface area contributed by atoms with Crippen LogP contribution in [0.1, 0.15) is 31.9 Å². The molecule has 1 atom stereocenters. The van der Waals surface area contributed by atoms with E-state index in [9.17, 15) is 13.2 Å². The highest BCUT2D eigenvalue weighted by molar-refractivity contribution is 5.85. The van der Waals surface area contributed by atoms with E-state index in [-0.39, 0.29) is 18.5 Å². The lowest BCUT2D eigenvalue weighted by molar-refractivity contribution is -0.148. The summed E-state index contributed by atoms with van der Waals surface area (Å²) < 4.78 is 44.3. The van der Waals surface area contributed by atoms with Crippen molar-refractivity contribution in [1.82, 2.24) is 10.2 Å². The maximum absolute atomic E-state index is 12.9. The van der Waals surface area contributed by atoms with Gasteiger partial charge in [0.05, 0.1) is 12.5 Å². The second-order valence-corrected chi connectivity index (χ2v) is 5.86. The van der Waals surface area contributed by atoms with Gasteiger partial charge in [-0.2, -0.15) is 13.2 Å². The van der Waals surface area contributed by atoms with Gasteiger partial charge in [0, 0.05) is 32.2 Å². The van der Waals surface area contributed by atoms with Gasteiger partial charge in [-0.05, 0) is 31.5 Å². The molecular weight excluding hydrogens is 329 g/mol. The van der Waals surface area contributed by atoms with Crippen LogP contribution in [0.25, 0.3) is 0 Å². The van der Waals surface area contributed by atoms with Gasteiger partial charge in [0.2, 0.25) is 0 Å². The van der Waals surface area contributed by atoms with Crippen LogP contribution in [0.3, 0.4) is 0 Å². The Kier molecular flexibility index (Phi) is 7.64. The van der Waals surface area contributed by atoms with E-state index in [0.717, 1.165) is 13.1 Å². The van der Waals surface area contributed by atoms with Crippen LogP contribution in [0, 0.1) is 0 Å². The molecule has 0 spiro atoms. The maximum Gasteiger partial charge on any atom is 0.390 e. The molecule has 0 saturated carbocycles. The van der Waals surface area contributed by atoms with Gasteiger partial charge >= 0.3 is 6.18 Å². The number of piperazine rings is 1. The molecule has 1 aromatic rings. The van der Waals surface area contributed by atoms with Crippen molar-refractivity contribution in [3.63, 3.8) is 0 Å². The molecule has 1 N–H and O–H groups in total. The summed E-state index contributed by atoms with van der Waals surface area (Å²) in [6, 6.07) is 6.36. The van der Waals surface area contributed by atoms with Crippen LogP contribution in [0.2, 0.25) is 0 Å². The topological polar surface area (TPSA) is 24.5 Å². The Balaban J connectivity index is 0.00000264. The summed E-state index contributed by atoms with van der Waals surface area (Å²) in [5.41, 5.74) is 0.690. The third-order valence-electron chi connectivity index (χ3n) is 3.65. The zero-order valence-corrected chi connectivity index (χ0v) is 14.2. The van der Waals surface area contributed by atoms with E-state index in [1.54, 1.807) is 24.3 Å². The average Bonchev–Trinajstić information content (AvgIpc) is 2.45. The lowest BCUT2D eigenvalue weighted by atomic mass is 10.0. The molecular formula is C16H24ClF3N2O. The fourth-order valence-corrected chi connectivity index (χ4v) is 2.71. The number of benzene rings is 1. The molecule has 1 aliphatic heterocycles. The minimum Gasteiger partial charge on any atom is -0.491 e. The maximum atomic E-state index is 12.9. The summed E-state index contributed by atoms with van der Waals surface area (Å²) in [4.78, 5) is 1.91. The van der Waals surface area contributed by atoms with E-state index in [0.29, 0.717) is 24.4 Å². The first-order valence-corrected chi connectivity index (χ1v) is 7.63. The quantitative estimate of drug-likeness (QED) is 0.872. The monoisotopic (exact) mass is 352 g/mol. The molecule has 1 heterocycles. The normalized spacial score (nSPS) is 17.7. The molecule has 1 aromatic carbocycles. The molecule has 0 aromatic heterocycles. The van der Waals surface area contributed by atoms with E-state index in [2.05, 4.69) is 5.32 Å². The fraction of sp³-hybridized carbons (Fsp3) is 0.625. The van der Waals surface area contributed by atoms with Crippen LogP contribution in [0.5, 0.6) is 5.75 Å². The molecule has 2 rings (SSSR count). The third-order valence-corrected chi connectivity index (χ3v) is 3.65. The van der Waals surface area contributed by atoms with Crippen molar-refractivity contribution in [1.29, 1.82) is 0 Å². The summed E-state index contributed by atoms with van der Waals surface area (Å²) in [7, 11) is 0. The van der Waals surface area contributed by atoms with Gasteiger partial charge < -0.3 is 10.1 Å². The summed E-state index contributed by atoms with van der Waals surface area (Å²) in [6.45, 7) is 6.55. The first kappa shape index (κ1) is 20.1. The van der Waals surface area contributed by atoms with Crippen molar-refractivity contribution in [2.75, 3.05) is 26.2 Å². The van der Waals surface area contributed by atoms with Crippen molar-refractivity contribution in [2.45, 2.75) is 38.6 Å². The van der Waals surface area contributed by atoms with E-state index >= 15 is 0 Å². The molecule has 23 heavy (non-hydrogen) atoms. The highest BCUT2D eigenvalue weighted by atomic mass is 35.5. The molecule has 132 valence electrons. The molecule has 3 nitrogen and oxygen atoms in total. The van der Waals surface area contributed by atoms with Gasteiger partial charge in [0.25, 0.3) is 0 Å². The summed E-state index contributed by atoms with van der Waals surface area (Å²) in [6.07, 6.45) is -4.95. The number of hydrogen-bond donors (Lipinski definition) is 1. The van der Waals surface area contributed by atoms with Crippen LogP contribution in [0.15, 0.2) is 24.3 Å². The first-order chi connectivity index (χ1) is 10.3. The molecule has 1 aliphatic rings. The number of nitrogens with zero attached hydrogens (tertiary/aromatic N) is 1. The largest absolute Gasteiger partial charge is 0.491 e. The third kappa shape index (κ3) is 6.57. The molecule has 0 aliphatic carbocycles. The number of hydrogen-bond acceptors (Lipinski definition) is 3. The Bertz CT molecular complexity index is 459. The molecule has 0 unspecified atom stereocenters. The predicted molar refractivity (Wildman–Crippen MR) is 87.3 cm³/mol. The highest BCUT2D eigenvalue weighted by Gasteiger charge is 2.35. The number of halogens is 4. The van der Waals surface area contributed by atoms with Crippen LogP contribution < -0.4 is 10.1 Å². The fourth-order valence-electron chi connectivity index (χ4n) is 2.71. The molecule has 1 fully saturated rings. The van der Waals surface area contributed by atoms with Gasteiger partial charge in [0.1, 0.15) is 5.75 Å². The van der Waals surface area contributed by atoms with Crippen molar-refractivity contribution >= 4 is 12.4 Å². The second-order valence-electron chi connectivity index (χ2n) is 5.86.